The van der Waals surface area contributed by atoms with E-state index >= 15 is 0 Å². The first-order valence-corrected chi connectivity index (χ1v) is 10.4. The van der Waals surface area contributed by atoms with Crippen molar-refractivity contribution in [2.24, 2.45) is 0 Å². The third kappa shape index (κ3) is 5.06. The molecule has 2 fully saturated rings. The van der Waals surface area contributed by atoms with Gasteiger partial charge in [0.2, 0.25) is 0 Å². The highest BCUT2D eigenvalue weighted by molar-refractivity contribution is 9.11. The van der Waals surface area contributed by atoms with Gasteiger partial charge in [0, 0.05) is 35.2 Å². The van der Waals surface area contributed by atoms with E-state index in [1.54, 1.807) is 12.1 Å². The van der Waals surface area contributed by atoms with Gasteiger partial charge in [0.15, 0.2) is 0 Å². The Morgan fingerprint density at radius 2 is 1.31 bits per heavy atom. The summed E-state index contributed by atoms with van der Waals surface area (Å²) in [5, 5.41) is 5.78. The summed E-state index contributed by atoms with van der Waals surface area (Å²) in [6.45, 7) is 2.50. The highest BCUT2D eigenvalue weighted by atomic mass is 79.9. The van der Waals surface area contributed by atoms with E-state index in [1.807, 2.05) is 0 Å². The standard InChI is InChI=1S/C18H22Br2N2O4/c19-15-8-14(18(24)22-10-12-4-2-6-26-12)16(20)7-13(15)17(23)21-9-11-3-1-5-25-11/h7-8,11-12H,1-6,9-10H2,(H,21,23)(H,22,24). The average Bonchev–Trinajstić information content (AvgIpc) is 3.32. The molecule has 3 rings (SSSR count). The van der Waals surface area contributed by atoms with E-state index in [0.29, 0.717) is 33.2 Å². The Bertz CT molecular complexity index is 614. The maximum atomic E-state index is 12.4. The van der Waals surface area contributed by atoms with Crippen LogP contribution in [0.4, 0.5) is 0 Å². The van der Waals surface area contributed by atoms with Gasteiger partial charge < -0.3 is 20.1 Å². The molecule has 0 saturated carbocycles. The molecular formula is C18H22Br2N2O4. The molecule has 0 spiro atoms. The third-order valence-corrected chi connectivity index (χ3v) is 5.89. The fourth-order valence-corrected chi connectivity index (χ4v) is 4.16. The molecule has 1 aromatic carbocycles. The Hall–Kier alpha value is -0.960. The van der Waals surface area contributed by atoms with Crippen LogP contribution in [0.1, 0.15) is 46.4 Å². The Morgan fingerprint density at radius 3 is 1.65 bits per heavy atom. The van der Waals surface area contributed by atoms with Crippen LogP contribution < -0.4 is 10.6 Å². The molecule has 2 aliphatic rings. The van der Waals surface area contributed by atoms with Crippen molar-refractivity contribution in [3.63, 3.8) is 0 Å². The maximum absolute atomic E-state index is 12.4. The largest absolute Gasteiger partial charge is 0.376 e. The number of carbonyl (C=O) groups is 2. The summed E-state index contributed by atoms with van der Waals surface area (Å²) in [6.07, 6.45) is 4.18. The molecule has 0 aromatic heterocycles. The van der Waals surface area contributed by atoms with Gasteiger partial charge in [-0.1, -0.05) is 0 Å². The summed E-state index contributed by atoms with van der Waals surface area (Å²) in [7, 11) is 0. The number of hydrogen-bond acceptors (Lipinski definition) is 4. The van der Waals surface area contributed by atoms with Crippen LogP contribution in [-0.2, 0) is 9.47 Å². The lowest BCUT2D eigenvalue weighted by Gasteiger charge is -2.14. The van der Waals surface area contributed by atoms with Gasteiger partial charge in [-0.15, -0.1) is 0 Å². The zero-order valence-corrected chi connectivity index (χ0v) is 17.5. The molecule has 26 heavy (non-hydrogen) atoms. The summed E-state index contributed by atoms with van der Waals surface area (Å²) in [5.41, 5.74) is 0.955. The van der Waals surface area contributed by atoms with Crippen molar-refractivity contribution < 1.29 is 19.1 Å². The highest BCUT2D eigenvalue weighted by Crippen LogP contribution is 2.26. The van der Waals surface area contributed by atoms with Gasteiger partial charge in [-0.2, -0.15) is 0 Å². The number of rotatable bonds is 6. The second kappa shape index (κ2) is 9.30. The molecule has 0 radical (unpaired) electrons. The van der Waals surface area contributed by atoms with E-state index in [0.717, 1.165) is 38.9 Å². The summed E-state index contributed by atoms with van der Waals surface area (Å²) in [6, 6.07) is 3.33. The Morgan fingerprint density at radius 1 is 0.885 bits per heavy atom. The van der Waals surface area contributed by atoms with E-state index in [4.69, 9.17) is 9.47 Å². The molecule has 0 aliphatic carbocycles. The number of halogens is 2. The van der Waals surface area contributed by atoms with E-state index in [-0.39, 0.29) is 24.0 Å². The number of amides is 2. The Kier molecular flexibility index (Phi) is 7.08. The fraction of sp³-hybridized carbons (Fsp3) is 0.556. The summed E-state index contributed by atoms with van der Waals surface area (Å²) in [4.78, 5) is 24.8. The van der Waals surface area contributed by atoms with Crippen LogP contribution in [0.5, 0.6) is 0 Å². The summed E-state index contributed by atoms with van der Waals surface area (Å²) >= 11 is 6.81. The molecule has 1 aromatic rings. The topological polar surface area (TPSA) is 76.7 Å². The molecule has 2 aliphatic heterocycles. The smallest absolute Gasteiger partial charge is 0.252 e. The quantitative estimate of drug-likeness (QED) is 0.643. The van der Waals surface area contributed by atoms with Crippen molar-refractivity contribution in [2.75, 3.05) is 26.3 Å². The van der Waals surface area contributed by atoms with Gasteiger partial charge in [-0.3, -0.25) is 9.59 Å². The summed E-state index contributed by atoms with van der Waals surface area (Å²) < 4.78 is 12.2. The van der Waals surface area contributed by atoms with Crippen molar-refractivity contribution in [3.05, 3.63) is 32.2 Å². The Balaban J connectivity index is 1.60. The van der Waals surface area contributed by atoms with Crippen molar-refractivity contribution in [1.82, 2.24) is 10.6 Å². The van der Waals surface area contributed by atoms with Crippen LogP contribution in [0.3, 0.4) is 0 Å². The first kappa shape index (κ1) is 19.8. The molecule has 6 nitrogen and oxygen atoms in total. The molecule has 2 amide bonds. The van der Waals surface area contributed by atoms with Gasteiger partial charge in [0.25, 0.3) is 11.8 Å². The van der Waals surface area contributed by atoms with E-state index in [9.17, 15) is 9.59 Å². The van der Waals surface area contributed by atoms with E-state index in [2.05, 4.69) is 42.5 Å². The molecule has 2 N–H and O–H groups in total. The number of nitrogens with one attached hydrogen (secondary N) is 2. The molecule has 2 saturated heterocycles. The first-order chi connectivity index (χ1) is 12.5. The van der Waals surface area contributed by atoms with Gasteiger partial charge in [-0.05, 0) is 69.7 Å². The van der Waals surface area contributed by atoms with Crippen molar-refractivity contribution in [2.45, 2.75) is 37.9 Å². The molecule has 0 bridgehead atoms. The number of hydrogen-bond donors (Lipinski definition) is 2. The van der Waals surface area contributed by atoms with Gasteiger partial charge in [-0.25, -0.2) is 0 Å². The minimum atomic E-state index is -0.195. The SMILES string of the molecule is O=C(NCC1CCCO1)c1cc(Br)c(C(=O)NCC2CCCO2)cc1Br. The number of carbonyl (C=O) groups excluding carboxylic acids is 2. The number of ether oxygens (including phenoxy) is 2. The van der Waals surface area contributed by atoms with Crippen LogP contribution >= 0.6 is 31.9 Å². The first-order valence-electron chi connectivity index (χ1n) is 8.83. The van der Waals surface area contributed by atoms with Crippen molar-refractivity contribution >= 4 is 43.7 Å². The van der Waals surface area contributed by atoms with Crippen molar-refractivity contribution in [1.29, 1.82) is 0 Å². The lowest BCUT2D eigenvalue weighted by molar-refractivity contribution is 0.0850. The highest BCUT2D eigenvalue weighted by Gasteiger charge is 2.21. The second-order valence-electron chi connectivity index (χ2n) is 6.50. The zero-order chi connectivity index (χ0) is 18.5. The van der Waals surface area contributed by atoms with Crippen LogP contribution in [0, 0.1) is 0 Å². The molecule has 142 valence electrons. The predicted octanol–water partition coefficient (Wildman–Crippen LogP) is 3.03. The average molecular weight is 490 g/mol. The van der Waals surface area contributed by atoms with Gasteiger partial charge in [0.05, 0.1) is 23.3 Å². The Labute approximate surface area is 169 Å². The molecule has 2 unspecified atom stereocenters. The predicted molar refractivity (Wildman–Crippen MR) is 104 cm³/mol. The lowest BCUT2D eigenvalue weighted by atomic mass is 10.1. The molecule has 2 atom stereocenters. The second-order valence-corrected chi connectivity index (χ2v) is 8.21. The maximum Gasteiger partial charge on any atom is 0.252 e. The van der Waals surface area contributed by atoms with Crippen LogP contribution in [0.15, 0.2) is 21.1 Å². The van der Waals surface area contributed by atoms with Gasteiger partial charge >= 0.3 is 0 Å². The summed E-state index contributed by atoms with van der Waals surface area (Å²) in [5.74, 6) is -0.390. The minimum absolute atomic E-state index is 0.0871. The minimum Gasteiger partial charge on any atom is -0.376 e. The van der Waals surface area contributed by atoms with Crippen LogP contribution in [-0.4, -0.2) is 50.3 Å². The fourth-order valence-electron chi connectivity index (χ4n) is 3.11. The van der Waals surface area contributed by atoms with Gasteiger partial charge in [0.1, 0.15) is 0 Å². The van der Waals surface area contributed by atoms with E-state index in [1.165, 1.54) is 0 Å². The molecule has 8 heteroatoms. The molecule has 2 heterocycles. The third-order valence-electron chi connectivity index (χ3n) is 4.57. The normalized spacial score (nSPS) is 22.4. The number of benzene rings is 1. The van der Waals surface area contributed by atoms with E-state index < -0.39 is 0 Å². The molecular weight excluding hydrogens is 468 g/mol. The van der Waals surface area contributed by atoms with Crippen LogP contribution in [0.2, 0.25) is 0 Å². The lowest BCUT2D eigenvalue weighted by Crippen LogP contribution is -2.33. The van der Waals surface area contributed by atoms with Crippen LogP contribution in [0.25, 0.3) is 0 Å². The zero-order valence-electron chi connectivity index (χ0n) is 14.4. The monoisotopic (exact) mass is 488 g/mol. The van der Waals surface area contributed by atoms with Crippen molar-refractivity contribution in [3.8, 4) is 0 Å².